The van der Waals surface area contributed by atoms with E-state index in [1.807, 2.05) is 0 Å². The molecule has 0 saturated heterocycles. The fourth-order valence-corrected chi connectivity index (χ4v) is 8.88. The zero-order valence-electron chi connectivity index (χ0n) is 30.9. The van der Waals surface area contributed by atoms with E-state index in [2.05, 4.69) is 242 Å². The molecular formula is C51H31I2N5. The molecule has 11 aromatic rings. The van der Waals surface area contributed by atoms with Crippen molar-refractivity contribution in [3.05, 3.63) is 195 Å². The van der Waals surface area contributed by atoms with Gasteiger partial charge in [0.05, 0.1) is 22.1 Å². The minimum absolute atomic E-state index is 0.636. The SMILES string of the molecule is Ic1ccc(-c2nc(-c3ccc(I)cc3)nc(-c3ccc(-n4c5ccccc5c5ccc(-c6ccc7c(c6)c6ccccc6n7-c6ccccc6)cc54)cc3)n2)cc1. The Kier molecular flexibility index (Phi) is 8.66. The molecule has 0 spiro atoms. The van der Waals surface area contributed by atoms with Gasteiger partial charge < -0.3 is 9.13 Å². The first-order valence-electron chi connectivity index (χ1n) is 19.1. The summed E-state index contributed by atoms with van der Waals surface area (Å²) >= 11 is 4.65. The highest BCUT2D eigenvalue weighted by Crippen LogP contribution is 2.38. The van der Waals surface area contributed by atoms with E-state index >= 15 is 0 Å². The van der Waals surface area contributed by atoms with Gasteiger partial charge in [-0.1, -0.05) is 97.1 Å². The highest BCUT2D eigenvalue weighted by molar-refractivity contribution is 14.1. The fourth-order valence-electron chi connectivity index (χ4n) is 8.16. The van der Waals surface area contributed by atoms with E-state index in [1.54, 1.807) is 0 Å². The van der Waals surface area contributed by atoms with Gasteiger partial charge in [-0.2, -0.15) is 0 Å². The van der Waals surface area contributed by atoms with Crippen molar-refractivity contribution in [1.29, 1.82) is 0 Å². The van der Waals surface area contributed by atoms with Gasteiger partial charge in [-0.25, -0.2) is 15.0 Å². The van der Waals surface area contributed by atoms with E-state index in [0.717, 1.165) is 46.2 Å². The molecule has 0 aliphatic heterocycles. The van der Waals surface area contributed by atoms with Gasteiger partial charge in [-0.15, -0.1) is 0 Å². The molecule has 58 heavy (non-hydrogen) atoms. The molecular weight excluding hydrogens is 936 g/mol. The Labute approximate surface area is 362 Å². The molecule has 11 rings (SSSR count). The standard InChI is InChI=1S/C51H31I2N5/c52-37-22-14-32(15-23-37)49-54-50(33-16-24-38(53)25-17-33)56-51(55-49)34-18-26-40(27-19-34)58-45-12-6-4-10-41(45)43-28-20-36(31-48(43)58)35-21-29-47-44(30-35)42-11-5-7-13-46(42)57(47)39-8-2-1-3-9-39/h1-31H. The van der Waals surface area contributed by atoms with Crippen LogP contribution < -0.4 is 0 Å². The summed E-state index contributed by atoms with van der Waals surface area (Å²) in [7, 11) is 0. The molecule has 0 saturated carbocycles. The van der Waals surface area contributed by atoms with Gasteiger partial charge >= 0.3 is 0 Å². The van der Waals surface area contributed by atoms with Gasteiger partial charge in [0.15, 0.2) is 17.5 Å². The van der Waals surface area contributed by atoms with E-state index in [1.165, 1.54) is 43.7 Å². The Balaban J connectivity index is 1.03. The number of halogens is 2. The van der Waals surface area contributed by atoms with Crippen molar-refractivity contribution in [2.45, 2.75) is 0 Å². The average Bonchev–Trinajstić information content (AvgIpc) is 3.79. The summed E-state index contributed by atoms with van der Waals surface area (Å²) in [5.74, 6) is 1.94. The lowest BCUT2D eigenvalue weighted by atomic mass is 10.0. The highest BCUT2D eigenvalue weighted by Gasteiger charge is 2.17. The van der Waals surface area contributed by atoms with Crippen LogP contribution in [0.4, 0.5) is 0 Å². The smallest absolute Gasteiger partial charge is 0.164 e. The first kappa shape index (κ1) is 35.0. The second kappa shape index (κ2) is 14.3. The summed E-state index contributed by atoms with van der Waals surface area (Å²) < 4.78 is 7.06. The van der Waals surface area contributed by atoms with Gasteiger partial charge in [0.25, 0.3) is 0 Å². The minimum Gasteiger partial charge on any atom is -0.309 e. The largest absolute Gasteiger partial charge is 0.309 e. The summed E-state index contributed by atoms with van der Waals surface area (Å²) in [6.45, 7) is 0. The Morgan fingerprint density at radius 3 is 1.28 bits per heavy atom. The first-order chi connectivity index (χ1) is 28.6. The second-order valence-electron chi connectivity index (χ2n) is 14.4. The summed E-state index contributed by atoms with van der Waals surface area (Å²) in [5.41, 5.74) is 12.1. The number of nitrogens with zero attached hydrogens (tertiary/aromatic N) is 5. The predicted octanol–water partition coefficient (Wildman–Crippen LogP) is 13.9. The third-order valence-electron chi connectivity index (χ3n) is 10.9. The molecule has 0 fully saturated rings. The number of para-hydroxylation sites is 3. The maximum absolute atomic E-state index is 5.01. The van der Waals surface area contributed by atoms with Crippen LogP contribution in [0.3, 0.4) is 0 Å². The van der Waals surface area contributed by atoms with Crippen molar-refractivity contribution in [2.75, 3.05) is 0 Å². The third-order valence-corrected chi connectivity index (χ3v) is 12.4. The molecule has 0 unspecified atom stereocenters. The molecule has 0 aliphatic rings. The molecule has 0 aliphatic carbocycles. The van der Waals surface area contributed by atoms with Crippen molar-refractivity contribution in [2.24, 2.45) is 0 Å². The molecule has 0 N–H and O–H groups in total. The third kappa shape index (κ3) is 6.08. The molecule has 274 valence electrons. The van der Waals surface area contributed by atoms with Gasteiger partial charge in [0, 0.05) is 56.8 Å². The summed E-state index contributed by atoms with van der Waals surface area (Å²) in [5, 5.41) is 4.91. The van der Waals surface area contributed by atoms with Crippen LogP contribution in [0.1, 0.15) is 0 Å². The van der Waals surface area contributed by atoms with Crippen molar-refractivity contribution >= 4 is 88.8 Å². The maximum Gasteiger partial charge on any atom is 0.164 e. The quantitative estimate of drug-likeness (QED) is 0.156. The average molecular weight is 968 g/mol. The van der Waals surface area contributed by atoms with Crippen LogP contribution >= 0.6 is 45.2 Å². The predicted molar refractivity (Wildman–Crippen MR) is 256 cm³/mol. The monoisotopic (exact) mass is 967 g/mol. The number of aromatic nitrogens is 5. The van der Waals surface area contributed by atoms with Gasteiger partial charge in [0.1, 0.15) is 0 Å². The Bertz CT molecular complexity index is 3270. The lowest BCUT2D eigenvalue weighted by molar-refractivity contribution is 1.07. The summed E-state index contributed by atoms with van der Waals surface area (Å²) in [4.78, 5) is 15.0. The van der Waals surface area contributed by atoms with Crippen molar-refractivity contribution in [1.82, 2.24) is 24.1 Å². The fraction of sp³-hybridized carbons (Fsp3) is 0. The Hall–Kier alpha value is -6.17. The van der Waals surface area contributed by atoms with Crippen LogP contribution in [-0.4, -0.2) is 24.1 Å². The Morgan fingerprint density at radius 1 is 0.293 bits per heavy atom. The molecule has 8 aromatic carbocycles. The Morgan fingerprint density at radius 2 is 0.690 bits per heavy atom. The number of fused-ring (bicyclic) bond motifs is 6. The summed E-state index contributed by atoms with van der Waals surface area (Å²) in [6.07, 6.45) is 0. The zero-order valence-corrected chi connectivity index (χ0v) is 35.2. The van der Waals surface area contributed by atoms with Crippen molar-refractivity contribution < 1.29 is 0 Å². The highest BCUT2D eigenvalue weighted by atomic mass is 127. The second-order valence-corrected chi connectivity index (χ2v) is 16.9. The number of rotatable bonds is 6. The minimum atomic E-state index is 0.636. The molecule has 5 nitrogen and oxygen atoms in total. The van der Waals surface area contributed by atoms with E-state index in [4.69, 9.17) is 15.0 Å². The lowest BCUT2D eigenvalue weighted by Gasteiger charge is -2.11. The molecule has 7 heteroatoms. The number of hydrogen-bond donors (Lipinski definition) is 0. The zero-order chi connectivity index (χ0) is 38.7. The number of benzene rings is 8. The lowest BCUT2D eigenvalue weighted by Crippen LogP contribution is -2.00. The molecule has 3 aromatic heterocycles. The van der Waals surface area contributed by atoms with Gasteiger partial charge in [-0.05, 0) is 147 Å². The maximum atomic E-state index is 5.01. The van der Waals surface area contributed by atoms with Crippen LogP contribution in [0.2, 0.25) is 0 Å². The van der Waals surface area contributed by atoms with Crippen LogP contribution in [-0.2, 0) is 0 Å². The molecule has 3 heterocycles. The topological polar surface area (TPSA) is 48.5 Å². The van der Waals surface area contributed by atoms with Crippen molar-refractivity contribution in [3.63, 3.8) is 0 Å². The van der Waals surface area contributed by atoms with Crippen LogP contribution in [0.25, 0.3) is 100 Å². The molecule has 0 atom stereocenters. The van der Waals surface area contributed by atoms with E-state index in [9.17, 15) is 0 Å². The first-order valence-corrected chi connectivity index (χ1v) is 21.2. The summed E-state index contributed by atoms with van der Waals surface area (Å²) in [6, 6.07) is 66.9. The molecule has 0 amide bonds. The van der Waals surface area contributed by atoms with Crippen LogP contribution in [0.5, 0.6) is 0 Å². The normalized spacial score (nSPS) is 11.6. The number of hydrogen-bond acceptors (Lipinski definition) is 3. The van der Waals surface area contributed by atoms with E-state index in [-0.39, 0.29) is 0 Å². The molecule has 0 bridgehead atoms. The van der Waals surface area contributed by atoms with Gasteiger partial charge in [0.2, 0.25) is 0 Å². The van der Waals surface area contributed by atoms with E-state index < -0.39 is 0 Å². The van der Waals surface area contributed by atoms with Crippen LogP contribution in [0.15, 0.2) is 188 Å². The molecule has 0 radical (unpaired) electrons. The van der Waals surface area contributed by atoms with Crippen molar-refractivity contribution in [3.8, 4) is 56.7 Å². The van der Waals surface area contributed by atoms with Crippen LogP contribution in [0, 0.1) is 7.14 Å². The van der Waals surface area contributed by atoms with E-state index in [0.29, 0.717) is 17.5 Å². The van der Waals surface area contributed by atoms with Gasteiger partial charge in [-0.3, -0.25) is 0 Å².